The predicted molar refractivity (Wildman–Crippen MR) is 126 cm³/mol. The van der Waals surface area contributed by atoms with Crippen LogP contribution in [-0.2, 0) is 4.79 Å². The van der Waals surface area contributed by atoms with Crippen molar-refractivity contribution in [2.75, 3.05) is 17.3 Å². The molecular formula is C24H21N5O4. The molecule has 9 nitrogen and oxygen atoms in total. The summed E-state index contributed by atoms with van der Waals surface area (Å²) >= 11 is 0. The number of nitro groups is 1. The van der Waals surface area contributed by atoms with Crippen molar-refractivity contribution in [2.24, 2.45) is 4.99 Å². The highest BCUT2D eigenvalue weighted by Crippen LogP contribution is 2.29. The summed E-state index contributed by atoms with van der Waals surface area (Å²) in [4.78, 5) is 42.8. The summed E-state index contributed by atoms with van der Waals surface area (Å²) < 4.78 is 0. The molecule has 166 valence electrons. The molecule has 0 radical (unpaired) electrons. The Hall–Kier alpha value is -4.53. The number of carbonyl (C=O) groups is 2. The maximum Gasteiger partial charge on any atom is 0.321 e. The number of para-hydroxylation sites is 2. The van der Waals surface area contributed by atoms with E-state index in [1.165, 1.54) is 17.0 Å². The van der Waals surface area contributed by atoms with Crippen LogP contribution in [0.15, 0.2) is 77.8 Å². The van der Waals surface area contributed by atoms with Crippen molar-refractivity contribution in [1.82, 2.24) is 5.32 Å². The molecule has 0 aliphatic carbocycles. The Balaban J connectivity index is 1.70. The number of urea groups is 1. The summed E-state index contributed by atoms with van der Waals surface area (Å²) in [6.45, 7) is 1.65. The van der Waals surface area contributed by atoms with Crippen molar-refractivity contribution in [2.45, 2.75) is 13.1 Å². The molecule has 4 rings (SSSR count). The van der Waals surface area contributed by atoms with E-state index in [-0.39, 0.29) is 11.4 Å². The quantitative estimate of drug-likeness (QED) is 0.470. The van der Waals surface area contributed by atoms with Crippen molar-refractivity contribution in [1.29, 1.82) is 0 Å². The van der Waals surface area contributed by atoms with Crippen molar-refractivity contribution in [3.8, 4) is 0 Å². The van der Waals surface area contributed by atoms with Gasteiger partial charge in [0.15, 0.2) is 0 Å². The van der Waals surface area contributed by atoms with Gasteiger partial charge in [0.2, 0.25) is 6.17 Å². The van der Waals surface area contributed by atoms with Gasteiger partial charge in [-0.15, -0.1) is 0 Å². The van der Waals surface area contributed by atoms with Gasteiger partial charge in [0, 0.05) is 24.2 Å². The van der Waals surface area contributed by atoms with Gasteiger partial charge < -0.3 is 15.5 Å². The first-order valence-electron chi connectivity index (χ1n) is 10.2. The number of nitro benzene ring substituents is 1. The Morgan fingerprint density at radius 1 is 1.03 bits per heavy atom. The van der Waals surface area contributed by atoms with E-state index in [1.54, 1.807) is 20.0 Å². The van der Waals surface area contributed by atoms with Crippen LogP contribution in [0.25, 0.3) is 0 Å². The summed E-state index contributed by atoms with van der Waals surface area (Å²) in [6.07, 6.45) is -1.24. The van der Waals surface area contributed by atoms with Crippen molar-refractivity contribution in [3.05, 3.63) is 99.6 Å². The number of fused-ring (bicyclic) bond motifs is 1. The van der Waals surface area contributed by atoms with Crippen LogP contribution < -0.4 is 15.5 Å². The van der Waals surface area contributed by atoms with Crippen LogP contribution >= 0.6 is 0 Å². The second-order valence-electron chi connectivity index (χ2n) is 7.49. The summed E-state index contributed by atoms with van der Waals surface area (Å²) in [5, 5.41) is 16.4. The molecule has 0 aromatic heterocycles. The molecule has 2 N–H and O–H groups in total. The van der Waals surface area contributed by atoms with Gasteiger partial charge in [-0.05, 0) is 18.6 Å². The van der Waals surface area contributed by atoms with Crippen LogP contribution in [0.4, 0.5) is 21.9 Å². The van der Waals surface area contributed by atoms with E-state index in [2.05, 4.69) is 15.6 Å². The predicted octanol–water partition coefficient (Wildman–Crippen LogP) is 3.86. The van der Waals surface area contributed by atoms with Crippen LogP contribution in [0.1, 0.15) is 16.7 Å². The monoisotopic (exact) mass is 443 g/mol. The number of aliphatic imine (C=N–C) groups is 1. The maximum atomic E-state index is 13.2. The molecule has 0 saturated heterocycles. The third-order valence-electron chi connectivity index (χ3n) is 5.34. The third kappa shape index (κ3) is 4.29. The van der Waals surface area contributed by atoms with E-state index in [1.807, 2.05) is 54.6 Å². The largest absolute Gasteiger partial charge is 0.321 e. The number of likely N-dealkylation sites (N-methyl/N-ethyl adjacent to an activating group) is 1. The summed E-state index contributed by atoms with van der Waals surface area (Å²) in [7, 11) is 1.61. The minimum Gasteiger partial charge on any atom is -0.311 e. The zero-order valence-electron chi connectivity index (χ0n) is 18.0. The van der Waals surface area contributed by atoms with Gasteiger partial charge in [-0.2, -0.15) is 0 Å². The molecule has 1 aliphatic heterocycles. The average molecular weight is 443 g/mol. The highest BCUT2D eigenvalue weighted by atomic mass is 16.6. The SMILES string of the molecule is Cc1cccc([N+](=O)[O-])c1NC(=O)N[C@@H]1N=C(c2ccccc2)c2ccccc2N(C)C1=O. The Morgan fingerprint density at radius 3 is 2.45 bits per heavy atom. The first-order chi connectivity index (χ1) is 15.9. The molecule has 1 heterocycles. The Bertz CT molecular complexity index is 1270. The summed E-state index contributed by atoms with van der Waals surface area (Å²) in [6, 6.07) is 20.4. The highest BCUT2D eigenvalue weighted by Gasteiger charge is 2.31. The van der Waals surface area contributed by atoms with Gasteiger partial charge in [0.25, 0.3) is 11.6 Å². The van der Waals surface area contributed by atoms with Gasteiger partial charge in [-0.1, -0.05) is 60.7 Å². The molecule has 33 heavy (non-hydrogen) atoms. The molecule has 0 fully saturated rings. The fourth-order valence-corrected chi connectivity index (χ4v) is 3.68. The number of nitrogens with one attached hydrogen (secondary N) is 2. The van der Waals surface area contributed by atoms with Crippen LogP contribution in [0, 0.1) is 17.0 Å². The molecule has 0 spiro atoms. The fraction of sp³-hybridized carbons (Fsp3) is 0.125. The van der Waals surface area contributed by atoms with E-state index in [0.717, 1.165) is 11.1 Å². The van der Waals surface area contributed by atoms with Gasteiger partial charge in [-0.25, -0.2) is 9.79 Å². The lowest BCUT2D eigenvalue weighted by Crippen LogP contribution is -2.47. The Kier molecular flexibility index (Phi) is 5.86. The first kappa shape index (κ1) is 21.7. The van der Waals surface area contributed by atoms with Gasteiger partial charge >= 0.3 is 6.03 Å². The van der Waals surface area contributed by atoms with Crippen LogP contribution in [0.3, 0.4) is 0 Å². The van der Waals surface area contributed by atoms with E-state index < -0.39 is 23.0 Å². The van der Waals surface area contributed by atoms with Gasteiger partial charge in [-0.3, -0.25) is 14.9 Å². The fourth-order valence-electron chi connectivity index (χ4n) is 3.68. The molecule has 1 aliphatic rings. The van der Waals surface area contributed by atoms with E-state index in [9.17, 15) is 19.7 Å². The van der Waals surface area contributed by atoms with Gasteiger partial charge in [0.1, 0.15) is 5.69 Å². The van der Waals surface area contributed by atoms with Crippen molar-refractivity contribution < 1.29 is 14.5 Å². The number of aryl methyl sites for hydroxylation is 1. The molecule has 3 amide bonds. The van der Waals surface area contributed by atoms with Crippen LogP contribution in [0.5, 0.6) is 0 Å². The van der Waals surface area contributed by atoms with E-state index >= 15 is 0 Å². The third-order valence-corrected chi connectivity index (χ3v) is 5.34. The maximum absolute atomic E-state index is 13.2. The number of benzodiazepines with no additional fused rings is 1. The lowest BCUT2D eigenvalue weighted by Gasteiger charge is -2.21. The molecule has 0 unspecified atom stereocenters. The van der Waals surface area contributed by atoms with Gasteiger partial charge in [0.05, 0.1) is 16.3 Å². The molecule has 0 bridgehead atoms. The number of hydrogen-bond donors (Lipinski definition) is 2. The Morgan fingerprint density at radius 2 is 1.73 bits per heavy atom. The molecule has 0 saturated carbocycles. The minimum absolute atomic E-state index is 0.0602. The number of benzene rings is 3. The van der Waals surface area contributed by atoms with Crippen molar-refractivity contribution >= 4 is 34.7 Å². The topological polar surface area (TPSA) is 117 Å². The Labute approximate surface area is 189 Å². The lowest BCUT2D eigenvalue weighted by atomic mass is 10.0. The lowest BCUT2D eigenvalue weighted by molar-refractivity contribution is -0.384. The number of carbonyl (C=O) groups excluding carboxylic acids is 2. The van der Waals surface area contributed by atoms with Crippen LogP contribution in [0.2, 0.25) is 0 Å². The normalized spacial score (nSPS) is 15.2. The number of rotatable bonds is 4. The number of amides is 3. The van der Waals surface area contributed by atoms with Crippen LogP contribution in [-0.4, -0.2) is 35.8 Å². The zero-order valence-corrected chi connectivity index (χ0v) is 18.0. The molecule has 3 aromatic rings. The second kappa shape index (κ2) is 8.91. The smallest absolute Gasteiger partial charge is 0.311 e. The average Bonchev–Trinajstić information content (AvgIpc) is 2.91. The zero-order chi connectivity index (χ0) is 23.5. The van der Waals surface area contributed by atoms with E-state index in [4.69, 9.17) is 0 Å². The minimum atomic E-state index is -1.24. The number of anilines is 2. The summed E-state index contributed by atoms with van der Waals surface area (Å²) in [5.74, 6) is -0.442. The molecular weight excluding hydrogens is 422 g/mol. The first-order valence-corrected chi connectivity index (χ1v) is 10.2. The number of nitrogens with zero attached hydrogens (tertiary/aromatic N) is 3. The van der Waals surface area contributed by atoms with E-state index in [0.29, 0.717) is 17.0 Å². The summed E-state index contributed by atoms with van der Waals surface area (Å²) in [5.41, 5.74) is 3.08. The number of hydrogen-bond acceptors (Lipinski definition) is 5. The van der Waals surface area contributed by atoms with Crippen molar-refractivity contribution in [3.63, 3.8) is 0 Å². The molecule has 9 heteroatoms. The molecule has 3 aromatic carbocycles. The second-order valence-corrected chi connectivity index (χ2v) is 7.49. The molecule has 1 atom stereocenters. The highest BCUT2D eigenvalue weighted by molar-refractivity contribution is 6.20. The standard InChI is InChI=1S/C24H21N5O4/c1-15-9-8-14-19(29(32)33)20(15)26-24(31)27-22-23(30)28(2)18-13-7-6-12-17(18)21(25-22)16-10-4-3-5-11-16/h3-14,22H,1-2H3,(H2,26,27,31)/t22-/m0/s1.